The highest BCUT2D eigenvalue weighted by Gasteiger charge is 2.33. The fourth-order valence-electron chi connectivity index (χ4n) is 4.71. The fraction of sp³-hybridized carbons (Fsp3) is 0.233. The number of carbonyl (C=O) groups excluding carboxylic acids is 1. The number of aromatic nitrogens is 1. The van der Waals surface area contributed by atoms with E-state index in [0.29, 0.717) is 50.0 Å². The first-order valence-corrected chi connectivity index (χ1v) is 13.8. The molecule has 5 rings (SSSR count). The summed E-state index contributed by atoms with van der Waals surface area (Å²) in [5, 5.41) is 11.3. The van der Waals surface area contributed by atoms with E-state index in [9.17, 15) is 19.7 Å². The van der Waals surface area contributed by atoms with Gasteiger partial charge in [-0.1, -0.05) is 29.5 Å². The van der Waals surface area contributed by atoms with Crippen LogP contribution in [0, 0.1) is 17.0 Å². The first-order chi connectivity index (χ1) is 19.7. The largest absolute Gasteiger partial charge is 0.494 e. The molecule has 10 nitrogen and oxygen atoms in total. The molecule has 210 valence electrons. The van der Waals surface area contributed by atoms with Crippen LogP contribution in [0.25, 0.3) is 17.4 Å². The van der Waals surface area contributed by atoms with E-state index < -0.39 is 16.9 Å². The van der Waals surface area contributed by atoms with Crippen LogP contribution in [0.1, 0.15) is 43.7 Å². The SMILES string of the molecule is CCOC(=O)C1=C(C)N=c2s/c(=C\c3ccc(-c4cc([N+](=O)[O-])ccc4C)o3)c(=O)n2[C@H]1c1ccc(OCC)cc1. The van der Waals surface area contributed by atoms with E-state index in [1.165, 1.54) is 28.0 Å². The number of non-ortho nitro benzene ring substituents is 1. The van der Waals surface area contributed by atoms with Gasteiger partial charge in [-0.05, 0) is 63.1 Å². The number of ether oxygens (including phenoxy) is 2. The van der Waals surface area contributed by atoms with Gasteiger partial charge in [0.05, 0.1) is 40.0 Å². The maximum atomic E-state index is 13.8. The van der Waals surface area contributed by atoms with Gasteiger partial charge in [-0.25, -0.2) is 9.79 Å². The minimum Gasteiger partial charge on any atom is -0.494 e. The number of nitrogens with zero attached hydrogens (tertiary/aromatic N) is 3. The first kappa shape index (κ1) is 27.8. The molecule has 2 aromatic heterocycles. The number of nitro benzene ring substituents is 1. The Morgan fingerprint density at radius 3 is 2.56 bits per heavy atom. The molecule has 0 aliphatic carbocycles. The molecule has 4 aromatic rings. The second-order valence-electron chi connectivity index (χ2n) is 9.26. The van der Waals surface area contributed by atoms with Crippen LogP contribution in [-0.4, -0.2) is 28.7 Å². The summed E-state index contributed by atoms with van der Waals surface area (Å²) in [6, 6.07) is 14.5. The van der Waals surface area contributed by atoms with Gasteiger partial charge in [0, 0.05) is 23.8 Å². The zero-order valence-electron chi connectivity index (χ0n) is 22.9. The number of benzene rings is 2. The number of furan rings is 1. The van der Waals surface area contributed by atoms with Gasteiger partial charge < -0.3 is 13.9 Å². The predicted molar refractivity (Wildman–Crippen MR) is 154 cm³/mol. The smallest absolute Gasteiger partial charge is 0.338 e. The van der Waals surface area contributed by atoms with Crippen molar-refractivity contribution in [1.82, 2.24) is 4.57 Å². The Morgan fingerprint density at radius 1 is 1.12 bits per heavy atom. The van der Waals surface area contributed by atoms with Crippen LogP contribution in [0.4, 0.5) is 5.69 Å². The van der Waals surface area contributed by atoms with Crippen molar-refractivity contribution in [2.45, 2.75) is 33.7 Å². The van der Waals surface area contributed by atoms with Crippen LogP contribution in [-0.2, 0) is 9.53 Å². The summed E-state index contributed by atoms with van der Waals surface area (Å²) in [5.74, 6) is 0.979. The molecule has 41 heavy (non-hydrogen) atoms. The van der Waals surface area contributed by atoms with E-state index in [1.807, 2.05) is 26.0 Å². The lowest BCUT2D eigenvalue weighted by atomic mass is 9.96. The van der Waals surface area contributed by atoms with Gasteiger partial charge in [0.1, 0.15) is 17.3 Å². The van der Waals surface area contributed by atoms with E-state index >= 15 is 0 Å². The number of rotatable bonds is 8. The number of nitro groups is 1. The second kappa shape index (κ2) is 11.4. The number of aryl methyl sites for hydroxylation is 1. The molecular weight excluding hydrogens is 546 g/mol. The van der Waals surface area contributed by atoms with Gasteiger partial charge >= 0.3 is 5.97 Å². The molecule has 0 fully saturated rings. The predicted octanol–water partition coefficient (Wildman–Crippen LogP) is 4.67. The quantitative estimate of drug-likeness (QED) is 0.170. The Hall–Kier alpha value is -4.77. The average molecular weight is 574 g/mol. The van der Waals surface area contributed by atoms with Crippen molar-refractivity contribution >= 4 is 29.1 Å². The van der Waals surface area contributed by atoms with Crippen molar-refractivity contribution in [3.8, 4) is 17.1 Å². The minimum atomic E-state index is -0.747. The number of fused-ring (bicyclic) bond motifs is 1. The van der Waals surface area contributed by atoms with Crippen molar-refractivity contribution in [2.24, 2.45) is 4.99 Å². The van der Waals surface area contributed by atoms with E-state index in [-0.39, 0.29) is 23.4 Å². The second-order valence-corrected chi connectivity index (χ2v) is 10.3. The Labute approximate surface area is 238 Å². The zero-order chi connectivity index (χ0) is 29.3. The molecule has 0 N–H and O–H groups in total. The Kier molecular flexibility index (Phi) is 7.71. The average Bonchev–Trinajstić information content (AvgIpc) is 3.53. The Balaban J connectivity index is 1.61. The highest BCUT2D eigenvalue weighted by atomic mass is 32.1. The third-order valence-corrected chi connectivity index (χ3v) is 7.60. The lowest BCUT2D eigenvalue weighted by molar-refractivity contribution is -0.384. The molecule has 1 atom stereocenters. The lowest BCUT2D eigenvalue weighted by Gasteiger charge is -2.24. The third kappa shape index (κ3) is 5.36. The maximum Gasteiger partial charge on any atom is 0.338 e. The fourth-order valence-corrected chi connectivity index (χ4v) is 5.74. The van der Waals surface area contributed by atoms with Crippen molar-refractivity contribution in [3.63, 3.8) is 0 Å². The molecule has 0 radical (unpaired) electrons. The van der Waals surface area contributed by atoms with Crippen molar-refractivity contribution in [2.75, 3.05) is 13.2 Å². The number of hydrogen-bond acceptors (Lipinski definition) is 9. The number of esters is 1. The van der Waals surface area contributed by atoms with Crippen LogP contribution in [0.5, 0.6) is 5.75 Å². The van der Waals surface area contributed by atoms with Crippen molar-refractivity contribution < 1.29 is 23.6 Å². The highest BCUT2D eigenvalue weighted by molar-refractivity contribution is 7.07. The summed E-state index contributed by atoms with van der Waals surface area (Å²) in [5.41, 5.74) is 2.48. The molecule has 0 saturated carbocycles. The summed E-state index contributed by atoms with van der Waals surface area (Å²) in [4.78, 5) is 42.7. The summed E-state index contributed by atoms with van der Waals surface area (Å²) in [6.07, 6.45) is 1.61. The minimum absolute atomic E-state index is 0.0427. The summed E-state index contributed by atoms with van der Waals surface area (Å²) in [7, 11) is 0. The number of thiazole rings is 1. The van der Waals surface area contributed by atoms with E-state index in [2.05, 4.69) is 4.99 Å². The van der Waals surface area contributed by atoms with Crippen molar-refractivity contribution in [3.05, 3.63) is 113 Å². The van der Waals surface area contributed by atoms with Gasteiger partial charge in [0.2, 0.25) is 0 Å². The Bertz CT molecular complexity index is 1860. The normalized spacial score (nSPS) is 14.9. The van der Waals surface area contributed by atoms with Gasteiger partial charge in [0.15, 0.2) is 4.80 Å². The van der Waals surface area contributed by atoms with Crippen LogP contribution in [0.3, 0.4) is 0 Å². The molecular formula is C30H27N3O7S. The van der Waals surface area contributed by atoms with E-state index in [0.717, 1.165) is 5.56 Å². The Morgan fingerprint density at radius 2 is 1.88 bits per heavy atom. The number of carbonyl (C=O) groups is 1. The highest BCUT2D eigenvalue weighted by Crippen LogP contribution is 2.32. The molecule has 0 spiro atoms. The zero-order valence-corrected chi connectivity index (χ0v) is 23.7. The van der Waals surface area contributed by atoms with Gasteiger partial charge in [-0.3, -0.25) is 19.5 Å². The first-order valence-electron chi connectivity index (χ1n) is 13.0. The van der Waals surface area contributed by atoms with Gasteiger partial charge in [-0.15, -0.1) is 0 Å². The summed E-state index contributed by atoms with van der Waals surface area (Å²) in [6.45, 7) is 7.87. The van der Waals surface area contributed by atoms with Crippen molar-refractivity contribution in [1.29, 1.82) is 0 Å². The molecule has 0 amide bonds. The number of hydrogen-bond donors (Lipinski definition) is 0. The molecule has 0 saturated heterocycles. The molecule has 0 bridgehead atoms. The van der Waals surface area contributed by atoms with Crippen LogP contribution in [0.2, 0.25) is 0 Å². The topological polar surface area (TPSA) is 126 Å². The van der Waals surface area contributed by atoms with Crippen LogP contribution >= 0.6 is 11.3 Å². The molecule has 1 aliphatic heterocycles. The lowest BCUT2D eigenvalue weighted by Crippen LogP contribution is -2.39. The standard InChI is InChI=1S/C30H27N3O7S/c1-5-38-21-11-8-19(9-12-21)27-26(29(35)39-6-2)18(4)31-30-32(27)28(34)25(41-30)16-22-13-14-24(40-22)23-15-20(33(36)37)10-7-17(23)3/h7-16,27H,5-6H2,1-4H3/b25-16-/t27-/m0/s1. The van der Waals surface area contributed by atoms with E-state index in [1.54, 1.807) is 50.3 Å². The molecule has 3 heterocycles. The van der Waals surface area contributed by atoms with Crippen LogP contribution in [0.15, 0.2) is 80.1 Å². The maximum absolute atomic E-state index is 13.8. The third-order valence-electron chi connectivity index (χ3n) is 6.62. The molecule has 11 heteroatoms. The van der Waals surface area contributed by atoms with E-state index in [4.69, 9.17) is 13.9 Å². The monoisotopic (exact) mass is 573 g/mol. The molecule has 2 aromatic carbocycles. The molecule has 1 aliphatic rings. The summed E-state index contributed by atoms with van der Waals surface area (Å²) >= 11 is 1.18. The van der Waals surface area contributed by atoms with Gasteiger partial charge in [-0.2, -0.15) is 0 Å². The van der Waals surface area contributed by atoms with Crippen LogP contribution < -0.4 is 19.6 Å². The molecule has 0 unspecified atom stereocenters. The summed E-state index contributed by atoms with van der Waals surface area (Å²) < 4.78 is 18.8. The number of allylic oxidation sites excluding steroid dienone is 1. The van der Waals surface area contributed by atoms with Gasteiger partial charge in [0.25, 0.3) is 11.2 Å².